The molecule has 1 heterocycles. The van der Waals surface area contributed by atoms with Crippen molar-refractivity contribution in [1.29, 1.82) is 0 Å². The van der Waals surface area contributed by atoms with E-state index in [0.29, 0.717) is 6.42 Å². The number of methoxy groups -OCH3 is 1. The maximum atomic E-state index is 13.2. The van der Waals surface area contributed by atoms with Gasteiger partial charge in [0.1, 0.15) is 0 Å². The van der Waals surface area contributed by atoms with Crippen LogP contribution in [0.3, 0.4) is 0 Å². The Morgan fingerprint density at radius 1 is 1.33 bits per heavy atom. The highest BCUT2D eigenvalue weighted by atomic mass is 16.6. The zero-order valence-corrected chi connectivity index (χ0v) is 18.4. The number of aliphatic hydroxyl groups excluding tert-OH is 1. The molecule has 6 heteroatoms. The molecule has 168 valence electrons. The number of esters is 1. The van der Waals surface area contributed by atoms with Crippen LogP contribution in [-0.4, -0.2) is 52.5 Å². The van der Waals surface area contributed by atoms with Gasteiger partial charge in [0.15, 0.2) is 5.78 Å². The molecule has 2 aliphatic carbocycles. The number of allylic oxidation sites excluding steroid dienone is 1. The molecular formula is C24H36O6. The summed E-state index contributed by atoms with van der Waals surface area (Å²) in [7, 11) is 1.25. The van der Waals surface area contributed by atoms with E-state index in [2.05, 4.69) is 13.0 Å². The number of ether oxygens (including phenoxy) is 2. The maximum absolute atomic E-state index is 13.2. The first kappa shape index (κ1) is 23.2. The highest BCUT2D eigenvalue weighted by molar-refractivity contribution is 6.09. The van der Waals surface area contributed by atoms with Gasteiger partial charge in [-0.3, -0.25) is 4.79 Å². The molecule has 0 spiro atoms. The van der Waals surface area contributed by atoms with Crippen molar-refractivity contribution in [2.45, 2.75) is 95.0 Å². The predicted octanol–water partition coefficient (Wildman–Crippen LogP) is 3.25. The molecule has 2 N–H and O–H groups in total. The normalized spacial score (nSPS) is 38.3. The zero-order chi connectivity index (χ0) is 21.9. The average molecular weight is 421 g/mol. The first-order chi connectivity index (χ1) is 14.3. The minimum Gasteiger partial charge on any atom is -0.467 e. The van der Waals surface area contributed by atoms with Crippen LogP contribution >= 0.6 is 0 Å². The number of Topliss-reactive ketones (excluding diaryl/α,β-unsaturated/α-hetero) is 1. The van der Waals surface area contributed by atoms with Crippen molar-refractivity contribution in [2.24, 2.45) is 11.8 Å². The van der Waals surface area contributed by atoms with E-state index < -0.39 is 47.0 Å². The summed E-state index contributed by atoms with van der Waals surface area (Å²) in [5, 5.41) is 21.2. The Balaban J connectivity index is 1.83. The molecule has 0 bridgehead atoms. The van der Waals surface area contributed by atoms with Crippen molar-refractivity contribution in [1.82, 2.24) is 0 Å². The second-order valence-corrected chi connectivity index (χ2v) is 9.24. The Morgan fingerprint density at radius 3 is 2.77 bits per heavy atom. The van der Waals surface area contributed by atoms with Crippen LogP contribution in [0.1, 0.15) is 71.6 Å². The van der Waals surface area contributed by atoms with Crippen LogP contribution in [0.2, 0.25) is 0 Å². The van der Waals surface area contributed by atoms with Crippen LogP contribution in [0, 0.1) is 11.8 Å². The van der Waals surface area contributed by atoms with Crippen molar-refractivity contribution in [3.05, 3.63) is 23.8 Å². The predicted molar refractivity (Wildman–Crippen MR) is 113 cm³/mol. The molecule has 3 rings (SSSR count). The Kier molecular flexibility index (Phi) is 7.20. The summed E-state index contributed by atoms with van der Waals surface area (Å²) in [6.07, 6.45) is 11.9. The molecule has 0 radical (unpaired) electrons. The summed E-state index contributed by atoms with van der Waals surface area (Å²) in [4.78, 5) is 26.1. The highest BCUT2D eigenvalue weighted by Gasteiger charge is 2.68. The van der Waals surface area contributed by atoms with Crippen molar-refractivity contribution >= 4 is 11.8 Å². The number of carbonyl (C=O) groups excluding carboxylic acids is 2. The third-order valence-electron chi connectivity index (χ3n) is 7.07. The molecule has 0 aromatic carbocycles. The fourth-order valence-electron chi connectivity index (χ4n) is 5.49. The molecule has 2 saturated carbocycles. The smallest absolute Gasteiger partial charge is 0.346 e. The number of hydrogen-bond donors (Lipinski definition) is 2. The van der Waals surface area contributed by atoms with Gasteiger partial charge in [-0.2, -0.15) is 0 Å². The number of rotatable bonds is 8. The quantitative estimate of drug-likeness (QED) is 0.271. The van der Waals surface area contributed by atoms with Gasteiger partial charge < -0.3 is 19.7 Å². The summed E-state index contributed by atoms with van der Waals surface area (Å²) < 4.78 is 11.2. The number of hydrogen-bond acceptors (Lipinski definition) is 6. The molecule has 6 atom stereocenters. The fraction of sp³-hybridized carbons (Fsp3) is 0.750. The summed E-state index contributed by atoms with van der Waals surface area (Å²) in [6, 6.07) is 0. The van der Waals surface area contributed by atoms with Gasteiger partial charge in [0.05, 0.1) is 24.9 Å². The van der Waals surface area contributed by atoms with Crippen molar-refractivity contribution in [3.8, 4) is 0 Å². The lowest BCUT2D eigenvalue weighted by Crippen LogP contribution is -2.67. The second kappa shape index (κ2) is 9.33. The molecule has 2 fully saturated rings. The van der Waals surface area contributed by atoms with Crippen LogP contribution in [0.15, 0.2) is 23.8 Å². The standard InChI is InChI=1S/C24H36O6/c1-4-5-6-7-8-9-10-11-20-16(2)12-19-18-13-17(25)14-23(18,28)15-21(26)24(19,30-20)22(27)29-3/h10-12,17-20,25,28H,4-9,13-15H2,1-3H3/b11-10+/t17?,18?,19?,20-,23?,24-/m0/s1. The number of fused-ring (bicyclic) bond motifs is 3. The lowest BCUT2D eigenvalue weighted by Gasteiger charge is -2.51. The average Bonchev–Trinajstić information content (AvgIpc) is 3.01. The van der Waals surface area contributed by atoms with Gasteiger partial charge in [-0.25, -0.2) is 4.79 Å². The molecule has 3 aliphatic rings. The molecule has 0 aromatic rings. The van der Waals surface area contributed by atoms with E-state index in [9.17, 15) is 19.8 Å². The van der Waals surface area contributed by atoms with E-state index in [4.69, 9.17) is 9.47 Å². The van der Waals surface area contributed by atoms with Crippen LogP contribution in [0.25, 0.3) is 0 Å². The van der Waals surface area contributed by atoms with E-state index in [1.54, 1.807) is 0 Å². The Bertz CT molecular complexity index is 712. The largest absolute Gasteiger partial charge is 0.467 e. The van der Waals surface area contributed by atoms with Gasteiger partial charge >= 0.3 is 5.97 Å². The molecule has 30 heavy (non-hydrogen) atoms. The maximum Gasteiger partial charge on any atom is 0.346 e. The molecule has 1 aliphatic heterocycles. The van der Waals surface area contributed by atoms with Gasteiger partial charge in [0, 0.05) is 24.7 Å². The molecule has 0 amide bonds. The van der Waals surface area contributed by atoms with Crippen LogP contribution in [0.4, 0.5) is 0 Å². The minimum absolute atomic E-state index is 0.144. The minimum atomic E-state index is -1.76. The fourth-order valence-corrected chi connectivity index (χ4v) is 5.49. The summed E-state index contributed by atoms with van der Waals surface area (Å²) in [5.41, 5.74) is -2.16. The van der Waals surface area contributed by atoms with E-state index in [1.807, 2.05) is 19.1 Å². The van der Waals surface area contributed by atoms with Gasteiger partial charge in [-0.05, 0) is 31.8 Å². The monoisotopic (exact) mass is 420 g/mol. The molecular weight excluding hydrogens is 384 g/mol. The zero-order valence-electron chi connectivity index (χ0n) is 18.4. The third-order valence-corrected chi connectivity index (χ3v) is 7.07. The van der Waals surface area contributed by atoms with Gasteiger partial charge in [-0.1, -0.05) is 50.8 Å². The van der Waals surface area contributed by atoms with Crippen LogP contribution in [-0.2, 0) is 19.1 Å². The SMILES string of the molecule is CCCCCCC/C=C/[C@@H]1O[C@]2(C(=O)OC)C(=O)CC3(O)CC(O)CC3C2C=C1C. The van der Waals surface area contributed by atoms with Gasteiger partial charge in [0.2, 0.25) is 5.60 Å². The number of aliphatic hydroxyl groups is 2. The Hall–Kier alpha value is -1.50. The molecule has 6 nitrogen and oxygen atoms in total. The highest BCUT2D eigenvalue weighted by Crippen LogP contribution is 2.55. The van der Waals surface area contributed by atoms with Gasteiger partial charge in [-0.15, -0.1) is 0 Å². The number of carbonyl (C=O) groups is 2. The van der Waals surface area contributed by atoms with Crippen molar-refractivity contribution in [3.63, 3.8) is 0 Å². The summed E-state index contributed by atoms with van der Waals surface area (Å²) in [6.45, 7) is 4.11. The second-order valence-electron chi connectivity index (χ2n) is 9.24. The lowest BCUT2D eigenvalue weighted by molar-refractivity contribution is -0.205. The van der Waals surface area contributed by atoms with E-state index >= 15 is 0 Å². The number of unbranched alkanes of at least 4 members (excludes halogenated alkanes) is 5. The Morgan fingerprint density at radius 2 is 2.07 bits per heavy atom. The summed E-state index contributed by atoms with van der Waals surface area (Å²) >= 11 is 0. The van der Waals surface area contributed by atoms with Gasteiger partial charge in [0.25, 0.3) is 0 Å². The molecule has 4 unspecified atom stereocenters. The first-order valence-corrected chi connectivity index (χ1v) is 11.3. The molecule has 0 aromatic heterocycles. The third kappa shape index (κ3) is 4.14. The lowest BCUT2D eigenvalue weighted by atomic mass is 9.60. The van der Waals surface area contributed by atoms with E-state index in [-0.39, 0.29) is 12.8 Å². The van der Waals surface area contributed by atoms with Crippen molar-refractivity contribution in [2.75, 3.05) is 7.11 Å². The topological polar surface area (TPSA) is 93.1 Å². The van der Waals surface area contributed by atoms with E-state index in [1.165, 1.54) is 32.8 Å². The van der Waals surface area contributed by atoms with Crippen LogP contribution < -0.4 is 0 Å². The summed E-state index contributed by atoms with van der Waals surface area (Å²) in [5.74, 6) is -2.26. The Labute approximate surface area is 179 Å². The molecule has 0 saturated heterocycles. The van der Waals surface area contributed by atoms with Crippen molar-refractivity contribution < 1.29 is 29.3 Å². The first-order valence-electron chi connectivity index (χ1n) is 11.3. The number of ketones is 1. The van der Waals surface area contributed by atoms with E-state index in [0.717, 1.165) is 18.4 Å². The van der Waals surface area contributed by atoms with Crippen LogP contribution in [0.5, 0.6) is 0 Å².